The Balaban J connectivity index is 1.43. The lowest BCUT2D eigenvalue weighted by atomic mass is 10.1. The van der Waals surface area contributed by atoms with E-state index in [2.05, 4.69) is 10.6 Å². The smallest absolute Gasteiger partial charge is 0.319 e. The van der Waals surface area contributed by atoms with E-state index in [-0.39, 0.29) is 6.03 Å². The fourth-order valence-electron chi connectivity index (χ4n) is 2.61. The molecule has 3 aromatic rings. The lowest BCUT2D eigenvalue weighted by Crippen LogP contribution is -2.30. The number of nitrogens with one attached hydrogen (secondary N) is 3. The molecule has 4 N–H and O–H groups in total. The van der Waals surface area contributed by atoms with Crippen LogP contribution in [0, 0.1) is 0 Å². The zero-order chi connectivity index (χ0) is 20.5. The van der Waals surface area contributed by atoms with Crippen molar-refractivity contribution < 1.29 is 19.5 Å². The molecule has 3 rings (SSSR count). The maximum absolute atomic E-state index is 12.0. The van der Waals surface area contributed by atoms with Crippen LogP contribution in [-0.4, -0.2) is 23.7 Å². The first kappa shape index (κ1) is 19.9. The van der Waals surface area contributed by atoms with Gasteiger partial charge in [-0.15, -0.1) is 0 Å². The molecular weight excluding hydrogens is 370 g/mol. The predicted octanol–water partition coefficient (Wildman–Crippen LogP) is 3.96. The molecule has 29 heavy (non-hydrogen) atoms. The van der Waals surface area contributed by atoms with E-state index >= 15 is 0 Å². The Morgan fingerprint density at radius 2 is 1.48 bits per heavy atom. The summed E-state index contributed by atoms with van der Waals surface area (Å²) in [6.45, 7) is 0.437. The monoisotopic (exact) mass is 391 g/mol. The number of hydrogen-bond donors (Lipinski definition) is 4. The van der Waals surface area contributed by atoms with Crippen LogP contribution >= 0.6 is 0 Å². The summed E-state index contributed by atoms with van der Waals surface area (Å²) in [5.41, 5.74) is 3.56. The molecule has 7 nitrogen and oxygen atoms in total. The first-order valence-electron chi connectivity index (χ1n) is 9.05. The van der Waals surface area contributed by atoms with Gasteiger partial charge in [-0.2, -0.15) is 0 Å². The fraction of sp³-hybridized carbons (Fsp3) is 0.0909. The molecule has 0 heterocycles. The SMILES string of the molecule is O=C(NCCc1ccc(C(=O)NO)cc1)Nc1ccc(Oc2ccccc2)cc1. The van der Waals surface area contributed by atoms with Crippen LogP contribution in [0.3, 0.4) is 0 Å². The molecule has 0 aliphatic carbocycles. The van der Waals surface area contributed by atoms with Gasteiger partial charge in [0.1, 0.15) is 11.5 Å². The Bertz CT molecular complexity index is 942. The van der Waals surface area contributed by atoms with Gasteiger partial charge in [0.2, 0.25) is 0 Å². The minimum absolute atomic E-state index is 0.307. The molecule has 0 aliphatic heterocycles. The number of urea groups is 1. The third-order valence-corrected chi connectivity index (χ3v) is 4.11. The van der Waals surface area contributed by atoms with Crippen molar-refractivity contribution in [3.8, 4) is 11.5 Å². The van der Waals surface area contributed by atoms with Crippen molar-refractivity contribution in [3.05, 3.63) is 90.0 Å². The molecule has 0 saturated carbocycles. The topological polar surface area (TPSA) is 99.7 Å². The second-order valence-corrected chi connectivity index (χ2v) is 6.21. The third kappa shape index (κ3) is 6.08. The summed E-state index contributed by atoms with van der Waals surface area (Å²) in [5.74, 6) is 0.866. The lowest BCUT2D eigenvalue weighted by molar-refractivity contribution is 0.0706. The van der Waals surface area contributed by atoms with E-state index in [1.165, 1.54) is 0 Å². The highest BCUT2D eigenvalue weighted by Crippen LogP contribution is 2.22. The normalized spacial score (nSPS) is 10.1. The van der Waals surface area contributed by atoms with Gasteiger partial charge in [0.25, 0.3) is 5.91 Å². The summed E-state index contributed by atoms with van der Waals surface area (Å²) in [6.07, 6.45) is 0.609. The van der Waals surface area contributed by atoms with Crippen LogP contribution in [0.15, 0.2) is 78.9 Å². The maximum atomic E-state index is 12.0. The Morgan fingerprint density at radius 1 is 0.828 bits per heavy atom. The highest BCUT2D eigenvalue weighted by molar-refractivity contribution is 5.93. The van der Waals surface area contributed by atoms with Gasteiger partial charge in [0.15, 0.2) is 0 Å². The summed E-state index contributed by atoms with van der Waals surface area (Å²) in [6, 6.07) is 23.0. The van der Waals surface area contributed by atoms with Gasteiger partial charge in [0, 0.05) is 17.8 Å². The molecule has 0 fully saturated rings. The molecule has 0 aliphatic rings. The van der Waals surface area contributed by atoms with Crippen LogP contribution in [-0.2, 0) is 6.42 Å². The highest BCUT2D eigenvalue weighted by Gasteiger charge is 2.05. The molecule has 0 radical (unpaired) electrons. The molecule has 0 spiro atoms. The minimum atomic E-state index is -0.561. The number of carbonyl (C=O) groups is 2. The van der Waals surface area contributed by atoms with Gasteiger partial charge >= 0.3 is 6.03 Å². The van der Waals surface area contributed by atoms with Crippen LogP contribution in [0.5, 0.6) is 11.5 Å². The van der Waals surface area contributed by atoms with Gasteiger partial charge in [-0.25, -0.2) is 10.3 Å². The van der Waals surface area contributed by atoms with Crippen molar-refractivity contribution in [2.24, 2.45) is 0 Å². The van der Waals surface area contributed by atoms with Gasteiger partial charge in [-0.3, -0.25) is 10.0 Å². The Morgan fingerprint density at radius 3 is 2.14 bits per heavy atom. The highest BCUT2D eigenvalue weighted by atomic mass is 16.5. The van der Waals surface area contributed by atoms with Crippen LogP contribution in [0.1, 0.15) is 15.9 Å². The molecule has 3 aromatic carbocycles. The average molecular weight is 391 g/mol. The second kappa shape index (κ2) is 9.91. The van der Waals surface area contributed by atoms with Gasteiger partial charge in [-0.05, 0) is 60.5 Å². The summed E-state index contributed by atoms with van der Waals surface area (Å²) in [5, 5.41) is 14.1. The standard InChI is InChI=1S/C22H21N3O4/c26-21(25-28)17-8-6-16(7-9-17)14-15-23-22(27)24-18-10-12-20(13-11-18)29-19-4-2-1-3-5-19/h1-13,28H,14-15H2,(H,25,26)(H2,23,24,27). The van der Waals surface area contributed by atoms with Crippen LogP contribution < -0.4 is 20.9 Å². The number of benzene rings is 3. The predicted molar refractivity (Wildman–Crippen MR) is 109 cm³/mol. The summed E-state index contributed by atoms with van der Waals surface area (Å²) in [4.78, 5) is 23.3. The number of amides is 3. The first-order valence-corrected chi connectivity index (χ1v) is 9.05. The number of anilines is 1. The molecule has 0 atom stereocenters. The van der Waals surface area contributed by atoms with E-state index in [1.807, 2.05) is 30.3 Å². The van der Waals surface area contributed by atoms with Crippen molar-refractivity contribution in [2.45, 2.75) is 6.42 Å². The van der Waals surface area contributed by atoms with Crippen molar-refractivity contribution in [1.82, 2.24) is 10.8 Å². The Hall–Kier alpha value is -3.84. The van der Waals surface area contributed by atoms with E-state index < -0.39 is 5.91 Å². The number of carbonyl (C=O) groups excluding carboxylic acids is 2. The quantitative estimate of drug-likeness (QED) is 0.362. The number of ether oxygens (including phenoxy) is 1. The number of hydrogen-bond acceptors (Lipinski definition) is 4. The average Bonchev–Trinajstić information content (AvgIpc) is 2.76. The van der Waals surface area contributed by atoms with Crippen molar-refractivity contribution in [2.75, 3.05) is 11.9 Å². The van der Waals surface area contributed by atoms with Crippen molar-refractivity contribution in [1.29, 1.82) is 0 Å². The van der Waals surface area contributed by atoms with Gasteiger partial charge in [0.05, 0.1) is 0 Å². The van der Waals surface area contributed by atoms with Crippen LogP contribution in [0.25, 0.3) is 0 Å². The van der Waals surface area contributed by atoms with E-state index in [9.17, 15) is 9.59 Å². The van der Waals surface area contributed by atoms with Crippen LogP contribution in [0.4, 0.5) is 10.5 Å². The molecule has 0 unspecified atom stereocenters. The van der Waals surface area contributed by atoms with E-state index in [0.717, 1.165) is 11.3 Å². The summed E-state index contributed by atoms with van der Waals surface area (Å²) in [7, 11) is 0. The molecule has 0 aromatic heterocycles. The molecule has 7 heteroatoms. The second-order valence-electron chi connectivity index (χ2n) is 6.21. The molecule has 3 amide bonds. The number of rotatable bonds is 7. The first-order chi connectivity index (χ1) is 14.1. The van der Waals surface area contributed by atoms with Gasteiger partial charge in [-0.1, -0.05) is 30.3 Å². The van der Waals surface area contributed by atoms with Crippen molar-refractivity contribution >= 4 is 17.6 Å². The number of para-hydroxylation sites is 1. The van der Waals surface area contributed by atoms with E-state index in [4.69, 9.17) is 9.94 Å². The van der Waals surface area contributed by atoms with E-state index in [0.29, 0.717) is 30.0 Å². The minimum Gasteiger partial charge on any atom is -0.457 e. The van der Waals surface area contributed by atoms with Crippen LogP contribution in [0.2, 0.25) is 0 Å². The molecule has 0 bridgehead atoms. The third-order valence-electron chi connectivity index (χ3n) is 4.11. The fourth-order valence-corrected chi connectivity index (χ4v) is 2.61. The maximum Gasteiger partial charge on any atom is 0.319 e. The molecule has 0 saturated heterocycles. The van der Waals surface area contributed by atoms with E-state index in [1.54, 1.807) is 54.0 Å². The molecular formula is C22H21N3O4. The lowest BCUT2D eigenvalue weighted by Gasteiger charge is -2.09. The number of hydroxylamine groups is 1. The summed E-state index contributed by atoms with van der Waals surface area (Å²) >= 11 is 0. The largest absolute Gasteiger partial charge is 0.457 e. The van der Waals surface area contributed by atoms with Gasteiger partial charge < -0.3 is 15.4 Å². The van der Waals surface area contributed by atoms with Crippen molar-refractivity contribution in [3.63, 3.8) is 0 Å². The molecule has 148 valence electrons. The summed E-state index contributed by atoms with van der Waals surface area (Å²) < 4.78 is 5.72. The Kier molecular flexibility index (Phi) is 6.80. The Labute approximate surface area is 168 Å². The zero-order valence-corrected chi connectivity index (χ0v) is 15.6. The zero-order valence-electron chi connectivity index (χ0n) is 15.6.